The number of likely N-dealkylation sites (N-methyl/N-ethyl adjacent to an activating group) is 1. The van der Waals surface area contributed by atoms with Crippen LogP contribution in [-0.4, -0.2) is 31.1 Å². The Morgan fingerprint density at radius 3 is 2.29 bits per heavy atom. The monoisotopic (exact) mass is 280 g/mol. The molecule has 1 aliphatic rings. The minimum atomic E-state index is 0.409. The summed E-state index contributed by atoms with van der Waals surface area (Å²) in [6.07, 6.45) is 1.25. The zero-order chi connectivity index (χ0) is 14.7. The summed E-state index contributed by atoms with van der Waals surface area (Å²) in [6, 6.07) is 20.5. The fourth-order valence-electron chi connectivity index (χ4n) is 3.12. The fraction of sp³-hybridized carbons (Fsp3) is 0.368. The van der Waals surface area contributed by atoms with Crippen LogP contribution in [0.3, 0.4) is 0 Å². The average Bonchev–Trinajstić information content (AvgIpc) is 2.93. The van der Waals surface area contributed by atoms with Crippen molar-refractivity contribution in [1.29, 1.82) is 0 Å². The zero-order valence-electron chi connectivity index (χ0n) is 12.9. The highest BCUT2D eigenvalue weighted by Gasteiger charge is 2.21. The molecule has 2 unspecified atom stereocenters. The second kappa shape index (κ2) is 6.42. The van der Waals surface area contributed by atoms with Crippen LogP contribution in [0.5, 0.6) is 0 Å². The summed E-state index contributed by atoms with van der Waals surface area (Å²) in [4.78, 5) is 2.39. The Bertz CT molecular complexity index is 562. The van der Waals surface area contributed by atoms with Crippen LogP contribution in [0.4, 0.5) is 0 Å². The van der Waals surface area contributed by atoms with Gasteiger partial charge in [-0.05, 0) is 43.6 Å². The van der Waals surface area contributed by atoms with Crippen molar-refractivity contribution in [2.45, 2.75) is 25.4 Å². The van der Waals surface area contributed by atoms with Gasteiger partial charge in [0.25, 0.3) is 0 Å². The maximum atomic E-state index is 3.74. The van der Waals surface area contributed by atoms with Crippen molar-refractivity contribution in [3.8, 4) is 11.1 Å². The SMILES string of the molecule is CC(NC1CCN(C)C1)c1ccc(-c2ccccc2)cc1. The Morgan fingerprint density at radius 2 is 1.67 bits per heavy atom. The summed E-state index contributed by atoms with van der Waals surface area (Å²) in [6.45, 7) is 4.62. The molecule has 0 amide bonds. The molecule has 2 aromatic rings. The van der Waals surface area contributed by atoms with E-state index in [2.05, 4.69) is 78.8 Å². The summed E-state index contributed by atoms with van der Waals surface area (Å²) in [5, 5.41) is 3.74. The maximum Gasteiger partial charge on any atom is 0.0294 e. The lowest BCUT2D eigenvalue weighted by Gasteiger charge is -2.20. The van der Waals surface area contributed by atoms with Crippen molar-refractivity contribution in [2.75, 3.05) is 20.1 Å². The Kier molecular flexibility index (Phi) is 4.37. The van der Waals surface area contributed by atoms with Crippen molar-refractivity contribution < 1.29 is 0 Å². The molecule has 1 fully saturated rings. The standard InChI is InChI=1S/C19H24N2/c1-15(20-19-12-13-21(2)14-19)16-8-10-18(11-9-16)17-6-4-3-5-7-17/h3-11,15,19-20H,12-14H2,1-2H3. The largest absolute Gasteiger partial charge is 0.306 e. The minimum absolute atomic E-state index is 0.409. The third-order valence-corrected chi connectivity index (χ3v) is 4.39. The molecule has 1 saturated heterocycles. The van der Waals surface area contributed by atoms with Crippen LogP contribution < -0.4 is 5.32 Å². The summed E-state index contributed by atoms with van der Waals surface area (Å²) in [5.41, 5.74) is 3.93. The Morgan fingerprint density at radius 1 is 1.00 bits per heavy atom. The molecule has 2 heteroatoms. The van der Waals surface area contributed by atoms with Crippen LogP contribution in [0.15, 0.2) is 54.6 Å². The quantitative estimate of drug-likeness (QED) is 0.918. The molecular weight excluding hydrogens is 256 g/mol. The molecule has 1 N–H and O–H groups in total. The van der Waals surface area contributed by atoms with E-state index in [1.807, 2.05) is 0 Å². The molecule has 2 nitrogen and oxygen atoms in total. The summed E-state index contributed by atoms with van der Waals surface area (Å²) >= 11 is 0. The Labute approximate surface area is 127 Å². The van der Waals surface area contributed by atoms with E-state index in [1.165, 1.54) is 29.7 Å². The smallest absolute Gasteiger partial charge is 0.0294 e. The molecule has 0 radical (unpaired) electrons. The molecule has 0 saturated carbocycles. The molecule has 0 spiro atoms. The number of benzene rings is 2. The third-order valence-electron chi connectivity index (χ3n) is 4.39. The zero-order valence-corrected chi connectivity index (χ0v) is 12.9. The van der Waals surface area contributed by atoms with Gasteiger partial charge >= 0.3 is 0 Å². The molecule has 2 aromatic carbocycles. The van der Waals surface area contributed by atoms with E-state index >= 15 is 0 Å². The molecule has 3 rings (SSSR count). The highest BCUT2D eigenvalue weighted by molar-refractivity contribution is 5.63. The van der Waals surface area contributed by atoms with Crippen molar-refractivity contribution in [3.63, 3.8) is 0 Å². The first-order valence-electron chi connectivity index (χ1n) is 7.82. The second-order valence-corrected chi connectivity index (χ2v) is 6.12. The van der Waals surface area contributed by atoms with Crippen LogP contribution in [0, 0.1) is 0 Å². The van der Waals surface area contributed by atoms with E-state index in [0.717, 1.165) is 6.54 Å². The third kappa shape index (κ3) is 3.52. The van der Waals surface area contributed by atoms with E-state index in [-0.39, 0.29) is 0 Å². The van der Waals surface area contributed by atoms with Gasteiger partial charge in [-0.25, -0.2) is 0 Å². The Balaban J connectivity index is 1.66. The number of hydrogen-bond acceptors (Lipinski definition) is 2. The van der Waals surface area contributed by atoms with Gasteiger partial charge < -0.3 is 10.2 Å². The maximum absolute atomic E-state index is 3.74. The number of likely N-dealkylation sites (tertiary alicyclic amines) is 1. The lowest BCUT2D eigenvalue weighted by Crippen LogP contribution is -2.33. The van der Waals surface area contributed by atoms with E-state index in [4.69, 9.17) is 0 Å². The molecule has 1 heterocycles. The van der Waals surface area contributed by atoms with Crippen molar-refractivity contribution >= 4 is 0 Å². The first-order valence-corrected chi connectivity index (χ1v) is 7.82. The van der Waals surface area contributed by atoms with Crippen molar-refractivity contribution in [3.05, 3.63) is 60.2 Å². The van der Waals surface area contributed by atoms with Gasteiger partial charge in [-0.1, -0.05) is 54.6 Å². The minimum Gasteiger partial charge on any atom is -0.306 e. The van der Waals surface area contributed by atoms with Crippen LogP contribution in [-0.2, 0) is 0 Å². The molecule has 110 valence electrons. The highest BCUT2D eigenvalue weighted by Crippen LogP contribution is 2.22. The first-order chi connectivity index (χ1) is 10.2. The number of hydrogen-bond donors (Lipinski definition) is 1. The lowest BCUT2D eigenvalue weighted by molar-refractivity contribution is 0.387. The summed E-state index contributed by atoms with van der Waals surface area (Å²) < 4.78 is 0. The van der Waals surface area contributed by atoms with E-state index in [0.29, 0.717) is 12.1 Å². The van der Waals surface area contributed by atoms with Crippen LogP contribution >= 0.6 is 0 Å². The van der Waals surface area contributed by atoms with E-state index in [9.17, 15) is 0 Å². The van der Waals surface area contributed by atoms with E-state index < -0.39 is 0 Å². The summed E-state index contributed by atoms with van der Waals surface area (Å²) in [7, 11) is 2.20. The van der Waals surface area contributed by atoms with Gasteiger partial charge in [0.15, 0.2) is 0 Å². The lowest BCUT2D eigenvalue weighted by atomic mass is 10.0. The molecule has 0 bridgehead atoms. The summed E-state index contributed by atoms with van der Waals surface area (Å²) in [5.74, 6) is 0. The van der Waals surface area contributed by atoms with Gasteiger partial charge in [-0.15, -0.1) is 0 Å². The molecule has 21 heavy (non-hydrogen) atoms. The van der Waals surface area contributed by atoms with Gasteiger partial charge in [0, 0.05) is 18.6 Å². The number of rotatable bonds is 4. The molecule has 0 aromatic heterocycles. The molecule has 2 atom stereocenters. The second-order valence-electron chi connectivity index (χ2n) is 6.12. The predicted molar refractivity (Wildman–Crippen MR) is 89.3 cm³/mol. The van der Waals surface area contributed by atoms with Crippen LogP contribution in [0.2, 0.25) is 0 Å². The van der Waals surface area contributed by atoms with Gasteiger partial charge in [0.2, 0.25) is 0 Å². The number of nitrogens with one attached hydrogen (secondary N) is 1. The Hall–Kier alpha value is -1.64. The van der Waals surface area contributed by atoms with Crippen LogP contribution in [0.25, 0.3) is 11.1 Å². The van der Waals surface area contributed by atoms with Gasteiger partial charge in [-0.3, -0.25) is 0 Å². The van der Waals surface area contributed by atoms with Gasteiger partial charge in [0.1, 0.15) is 0 Å². The average molecular weight is 280 g/mol. The van der Waals surface area contributed by atoms with Gasteiger partial charge in [-0.2, -0.15) is 0 Å². The predicted octanol–water partition coefficient (Wildman–Crippen LogP) is 3.71. The molecular formula is C19H24N2. The highest BCUT2D eigenvalue weighted by atomic mass is 15.2. The van der Waals surface area contributed by atoms with Crippen LogP contribution in [0.1, 0.15) is 24.9 Å². The normalized spacial score (nSPS) is 20.6. The molecule has 1 aliphatic heterocycles. The van der Waals surface area contributed by atoms with Crippen molar-refractivity contribution in [2.24, 2.45) is 0 Å². The van der Waals surface area contributed by atoms with Gasteiger partial charge in [0.05, 0.1) is 0 Å². The number of nitrogens with zero attached hydrogens (tertiary/aromatic N) is 1. The fourth-order valence-corrected chi connectivity index (χ4v) is 3.12. The topological polar surface area (TPSA) is 15.3 Å². The first kappa shape index (κ1) is 14.3. The molecule has 0 aliphatic carbocycles. The van der Waals surface area contributed by atoms with Crippen molar-refractivity contribution in [1.82, 2.24) is 10.2 Å². The van der Waals surface area contributed by atoms with E-state index in [1.54, 1.807) is 0 Å².